The maximum Gasteiger partial charge on any atom is 0.307 e. The number of nitrogens with zero attached hydrogens (tertiary/aromatic N) is 2. The van der Waals surface area contributed by atoms with E-state index in [1.54, 1.807) is 6.92 Å². The molecule has 0 atom stereocenters. The number of esters is 1. The second-order valence-corrected chi connectivity index (χ2v) is 7.00. The van der Waals surface area contributed by atoms with Crippen molar-refractivity contribution in [3.05, 3.63) is 64.2 Å². The number of carbonyl (C=O) groups excluding carboxylic acids is 2. The Morgan fingerprint density at radius 1 is 1.19 bits per heavy atom. The highest BCUT2D eigenvalue weighted by Gasteiger charge is 2.11. The third kappa shape index (κ3) is 4.49. The Morgan fingerprint density at radius 3 is 2.63 bits per heavy atom. The first-order chi connectivity index (χ1) is 13.0. The van der Waals surface area contributed by atoms with Crippen LogP contribution in [0.4, 0.5) is 4.39 Å². The molecule has 0 aliphatic rings. The van der Waals surface area contributed by atoms with Crippen LogP contribution in [0.15, 0.2) is 47.5 Å². The van der Waals surface area contributed by atoms with Crippen LogP contribution in [0.5, 0.6) is 0 Å². The number of amides is 1. The van der Waals surface area contributed by atoms with Gasteiger partial charge in [0.15, 0.2) is 4.80 Å². The lowest BCUT2D eigenvalue weighted by molar-refractivity contribution is -0.143. The van der Waals surface area contributed by atoms with Crippen molar-refractivity contribution in [2.24, 2.45) is 4.99 Å². The van der Waals surface area contributed by atoms with Crippen molar-refractivity contribution in [2.75, 3.05) is 6.61 Å². The largest absolute Gasteiger partial charge is 0.466 e. The Balaban J connectivity index is 2.02. The summed E-state index contributed by atoms with van der Waals surface area (Å²) in [7, 11) is 0. The summed E-state index contributed by atoms with van der Waals surface area (Å²) in [5.41, 5.74) is 2.31. The molecule has 3 aromatic rings. The summed E-state index contributed by atoms with van der Waals surface area (Å²) >= 11 is 1.38. The lowest BCUT2D eigenvalue weighted by Crippen LogP contribution is -2.19. The quantitative estimate of drug-likeness (QED) is 0.626. The number of hydrogen-bond donors (Lipinski definition) is 0. The van der Waals surface area contributed by atoms with Crippen LogP contribution in [-0.2, 0) is 16.1 Å². The molecule has 0 aliphatic carbocycles. The Bertz CT molecular complexity index is 1050. The second kappa shape index (κ2) is 8.26. The molecule has 7 heteroatoms. The highest BCUT2D eigenvalue weighted by molar-refractivity contribution is 7.16. The predicted molar refractivity (Wildman–Crippen MR) is 102 cm³/mol. The number of aryl methyl sites for hydroxylation is 2. The van der Waals surface area contributed by atoms with Gasteiger partial charge in [-0.1, -0.05) is 17.4 Å². The van der Waals surface area contributed by atoms with Gasteiger partial charge in [-0.15, -0.1) is 0 Å². The van der Waals surface area contributed by atoms with E-state index in [0.717, 1.165) is 15.8 Å². The van der Waals surface area contributed by atoms with Crippen molar-refractivity contribution < 1.29 is 18.7 Å². The van der Waals surface area contributed by atoms with Crippen molar-refractivity contribution in [3.8, 4) is 0 Å². The fraction of sp³-hybridized carbons (Fsp3) is 0.250. The number of ether oxygens (including phenoxy) is 1. The molecule has 1 amide bonds. The zero-order valence-electron chi connectivity index (χ0n) is 15.1. The fourth-order valence-electron chi connectivity index (χ4n) is 2.66. The topological polar surface area (TPSA) is 60.7 Å². The zero-order valence-corrected chi connectivity index (χ0v) is 15.9. The molecule has 0 radical (unpaired) electrons. The van der Waals surface area contributed by atoms with Gasteiger partial charge < -0.3 is 9.30 Å². The molecular formula is C20H19FN2O3S. The van der Waals surface area contributed by atoms with E-state index in [-0.39, 0.29) is 12.4 Å². The third-order valence-corrected chi connectivity index (χ3v) is 5.01. The summed E-state index contributed by atoms with van der Waals surface area (Å²) in [4.78, 5) is 28.9. The van der Waals surface area contributed by atoms with Gasteiger partial charge in [0.25, 0.3) is 5.91 Å². The maximum atomic E-state index is 13.1. The van der Waals surface area contributed by atoms with Crippen molar-refractivity contribution in [2.45, 2.75) is 26.8 Å². The van der Waals surface area contributed by atoms with Gasteiger partial charge in [0.1, 0.15) is 5.82 Å². The first-order valence-corrected chi connectivity index (χ1v) is 9.40. The predicted octanol–water partition coefficient (Wildman–Crippen LogP) is 3.84. The Hall–Kier alpha value is -2.80. The van der Waals surface area contributed by atoms with Crippen LogP contribution in [0.1, 0.15) is 29.3 Å². The molecule has 0 N–H and O–H groups in total. The molecule has 140 valence electrons. The number of halogens is 1. The Labute approximate surface area is 159 Å². The van der Waals surface area contributed by atoms with Crippen LogP contribution in [0.25, 0.3) is 10.2 Å². The number of rotatable bonds is 5. The highest BCUT2D eigenvalue weighted by Crippen LogP contribution is 2.19. The minimum atomic E-state index is -0.455. The molecule has 0 fully saturated rings. The summed E-state index contributed by atoms with van der Waals surface area (Å²) < 4.78 is 20.9. The molecule has 0 unspecified atom stereocenters. The second-order valence-electron chi connectivity index (χ2n) is 5.99. The molecule has 0 saturated carbocycles. The minimum absolute atomic E-state index is 0.186. The minimum Gasteiger partial charge on any atom is -0.466 e. The molecule has 3 rings (SSSR count). The number of aromatic nitrogens is 1. The molecule has 0 bridgehead atoms. The number of fused-ring (bicyclic) bond motifs is 1. The van der Waals surface area contributed by atoms with E-state index in [1.807, 2.05) is 29.7 Å². The standard InChI is InChI=1S/C20H19FN2O3S/c1-3-26-18(24)10-11-23-16-9-4-13(2)12-17(16)27-20(23)22-19(25)14-5-7-15(21)8-6-14/h4-9,12H,3,10-11H2,1-2H3. The van der Waals surface area contributed by atoms with Gasteiger partial charge in [-0.25, -0.2) is 4.39 Å². The van der Waals surface area contributed by atoms with E-state index in [2.05, 4.69) is 4.99 Å². The van der Waals surface area contributed by atoms with Crippen LogP contribution in [0.2, 0.25) is 0 Å². The molecule has 0 saturated heterocycles. The number of benzene rings is 2. The average molecular weight is 386 g/mol. The van der Waals surface area contributed by atoms with Gasteiger partial charge in [-0.05, 0) is 55.8 Å². The summed E-state index contributed by atoms with van der Waals surface area (Å²) in [6, 6.07) is 11.2. The van der Waals surface area contributed by atoms with E-state index in [9.17, 15) is 14.0 Å². The third-order valence-electron chi connectivity index (χ3n) is 3.97. The van der Waals surface area contributed by atoms with Crippen molar-refractivity contribution in [3.63, 3.8) is 0 Å². The maximum absolute atomic E-state index is 13.1. The van der Waals surface area contributed by atoms with Crippen molar-refractivity contribution >= 4 is 33.4 Å². The lowest BCUT2D eigenvalue weighted by Gasteiger charge is -2.05. The van der Waals surface area contributed by atoms with Gasteiger partial charge in [-0.2, -0.15) is 4.99 Å². The molecule has 1 aromatic heterocycles. The highest BCUT2D eigenvalue weighted by atomic mass is 32.1. The monoisotopic (exact) mass is 386 g/mol. The first kappa shape index (κ1) is 19.0. The fourth-order valence-corrected chi connectivity index (χ4v) is 3.81. The van der Waals surface area contributed by atoms with Gasteiger partial charge in [-0.3, -0.25) is 9.59 Å². The van der Waals surface area contributed by atoms with Crippen LogP contribution in [-0.4, -0.2) is 23.1 Å². The van der Waals surface area contributed by atoms with Gasteiger partial charge >= 0.3 is 5.97 Å². The summed E-state index contributed by atoms with van der Waals surface area (Å²) in [5.74, 6) is -1.16. The Morgan fingerprint density at radius 2 is 1.93 bits per heavy atom. The number of carbonyl (C=O) groups is 2. The van der Waals surface area contributed by atoms with Gasteiger partial charge in [0, 0.05) is 12.1 Å². The van der Waals surface area contributed by atoms with Crippen molar-refractivity contribution in [1.29, 1.82) is 0 Å². The van der Waals surface area contributed by atoms with Crippen molar-refractivity contribution in [1.82, 2.24) is 4.57 Å². The number of hydrogen-bond acceptors (Lipinski definition) is 4. The summed E-state index contributed by atoms with van der Waals surface area (Å²) in [5, 5.41) is 0. The molecule has 27 heavy (non-hydrogen) atoms. The van der Waals surface area contributed by atoms with Crippen LogP contribution in [0.3, 0.4) is 0 Å². The smallest absolute Gasteiger partial charge is 0.307 e. The Kier molecular flexibility index (Phi) is 5.81. The molecular weight excluding hydrogens is 367 g/mol. The van der Waals surface area contributed by atoms with Gasteiger partial charge in [0.05, 0.1) is 23.2 Å². The van der Waals surface area contributed by atoms with E-state index >= 15 is 0 Å². The van der Waals surface area contributed by atoms with E-state index in [0.29, 0.717) is 23.5 Å². The SMILES string of the molecule is CCOC(=O)CCn1c(=NC(=O)c2ccc(F)cc2)sc2cc(C)ccc21. The molecule has 0 aliphatic heterocycles. The summed E-state index contributed by atoms with van der Waals surface area (Å²) in [6.45, 7) is 4.43. The average Bonchev–Trinajstić information content (AvgIpc) is 2.96. The lowest BCUT2D eigenvalue weighted by atomic mass is 10.2. The normalized spacial score (nSPS) is 11.7. The van der Waals surface area contributed by atoms with E-state index in [1.165, 1.54) is 35.6 Å². The van der Waals surface area contributed by atoms with E-state index in [4.69, 9.17) is 4.74 Å². The van der Waals surface area contributed by atoms with Crippen LogP contribution < -0.4 is 4.80 Å². The molecule has 2 aromatic carbocycles. The molecule has 5 nitrogen and oxygen atoms in total. The van der Waals surface area contributed by atoms with Crippen LogP contribution in [0, 0.1) is 12.7 Å². The molecule has 0 spiro atoms. The summed E-state index contributed by atoms with van der Waals surface area (Å²) in [6.07, 6.45) is 0.186. The van der Waals surface area contributed by atoms with E-state index < -0.39 is 11.7 Å². The molecule has 1 heterocycles. The first-order valence-electron chi connectivity index (χ1n) is 8.58. The van der Waals surface area contributed by atoms with Crippen LogP contribution >= 0.6 is 11.3 Å². The van der Waals surface area contributed by atoms with Gasteiger partial charge in [0.2, 0.25) is 0 Å². The number of thiazole rings is 1. The zero-order chi connectivity index (χ0) is 19.4.